The normalized spacial score (nSPS) is 21.9. The summed E-state index contributed by atoms with van der Waals surface area (Å²) in [6.45, 7) is 6.11. The molecule has 2 aromatic carbocycles. The first kappa shape index (κ1) is 25.1. The number of esters is 1. The van der Waals surface area contributed by atoms with Gasteiger partial charge in [-0.3, -0.25) is 9.69 Å². The van der Waals surface area contributed by atoms with Gasteiger partial charge in [-0.1, -0.05) is 42.5 Å². The molecule has 1 fully saturated rings. The Bertz CT molecular complexity index is 1080. The van der Waals surface area contributed by atoms with Crippen LogP contribution in [0.2, 0.25) is 0 Å². The summed E-state index contributed by atoms with van der Waals surface area (Å²) in [7, 11) is 1.33. The lowest BCUT2D eigenvalue weighted by Crippen LogP contribution is -2.55. The van der Waals surface area contributed by atoms with E-state index in [1.54, 1.807) is 16.7 Å². The molecule has 0 aromatic heterocycles. The average Bonchev–Trinajstić information content (AvgIpc) is 3.25. The van der Waals surface area contributed by atoms with E-state index in [1.807, 2.05) is 75.4 Å². The highest BCUT2D eigenvalue weighted by Crippen LogP contribution is 2.36. The molecule has 0 saturated carbocycles. The maximum Gasteiger partial charge on any atom is 0.411 e. The van der Waals surface area contributed by atoms with Crippen LogP contribution in [0.4, 0.5) is 4.79 Å². The van der Waals surface area contributed by atoms with Gasteiger partial charge in [0.2, 0.25) is 5.91 Å². The van der Waals surface area contributed by atoms with E-state index in [0.717, 1.165) is 16.0 Å². The lowest BCUT2D eigenvalue weighted by molar-refractivity contribution is -0.155. The fourth-order valence-electron chi connectivity index (χ4n) is 4.62. The predicted molar refractivity (Wildman–Crippen MR) is 134 cm³/mol. The molecule has 7 nitrogen and oxygen atoms in total. The third kappa shape index (κ3) is 5.81. The summed E-state index contributed by atoms with van der Waals surface area (Å²) >= 11 is 1.65. The molecule has 186 valence electrons. The van der Waals surface area contributed by atoms with Crippen molar-refractivity contribution in [3.63, 3.8) is 0 Å². The van der Waals surface area contributed by atoms with E-state index in [2.05, 4.69) is 0 Å². The fraction of sp³-hybridized carbons (Fsp3) is 0.444. The second kappa shape index (κ2) is 10.3. The summed E-state index contributed by atoms with van der Waals surface area (Å²) in [4.78, 5) is 44.0. The van der Waals surface area contributed by atoms with Gasteiger partial charge in [-0.15, -0.1) is 11.8 Å². The van der Waals surface area contributed by atoms with Crippen molar-refractivity contribution in [1.29, 1.82) is 0 Å². The molecule has 3 atom stereocenters. The van der Waals surface area contributed by atoms with E-state index in [-0.39, 0.29) is 11.2 Å². The highest BCUT2D eigenvalue weighted by molar-refractivity contribution is 8.00. The smallest absolute Gasteiger partial charge is 0.411 e. The van der Waals surface area contributed by atoms with Gasteiger partial charge >= 0.3 is 12.1 Å². The number of rotatable bonds is 4. The molecule has 0 N–H and O–H groups in total. The summed E-state index contributed by atoms with van der Waals surface area (Å²) in [6, 6.07) is 16.3. The maximum atomic E-state index is 14.0. The van der Waals surface area contributed by atoms with Gasteiger partial charge < -0.3 is 14.4 Å². The third-order valence-corrected chi connectivity index (χ3v) is 7.45. The van der Waals surface area contributed by atoms with Crippen LogP contribution in [-0.4, -0.2) is 64.4 Å². The molecule has 0 spiro atoms. The number of carbonyl (C=O) groups excluding carboxylic acids is 3. The molecule has 8 heteroatoms. The van der Waals surface area contributed by atoms with Crippen LogP contribution < -0.4 is 0 Å². The van der Waals surface area contributed by atoms with Crippen molar-refractivity contribution in [2.24, 2.45) is 0 Å². The first-order valence-electron chi connectivity index (χ1n) is 11.8. The van der Waals surface area contributed by atoms with Crippen molar-refractivity contribution in [1.82, 2.24) is 9.80 Å². The van der Waals surface area contributed by atoms with Crippen LogP contribution >= 0.6 is 11.8 Å². The minimum absolute atomic E-state index is 0.0209. The number of methoxy groups -OCH3 is 1. The summed E-state index contributed by atoms with van der Waals surface area (Å²) in [6.07, 6.45) is 0.346. The van der Waals surface area contributed by atoms with Gasteiger partial charge in [0.1, 0.15) is 17.7 Å². The Morgan fingerprint density at radius 3 is 2.23 bits per heavy atom. The van der Waals surface area contributed by atoms with Crippen LogP contribution in [0.25, 0.3) is 0 Å². The molecule has 2 aliphatic rings. The molecule has 2 amide bonds. The number of fused-ring (bicyclic) bond motifs is 1. The Hall–Kier alpha value is -3.00. The van der Waals surface area contributed by atoms with Gasteiger partial charge in [-0.25, -0.2) is 9.59 Å². The maximum absolute atomic E-state index is 14.0. The number of thioether (sulfide) groups is 1. The molecule has 4 rings (SSSR count). The first-order valence-corrected chi connectivity index (χ1v) is 12.7. The van der Waals surface area contributed by atoms with Crippen molar-refractivity contribution < 1.29 is 23.9 Å². The van der Waals surface area contributed by atoms with Crippen LogP contribution in [-0.2, 0) is 32.0 Å². The fourth-order valence-corrected chi connectivity index (χ4v) is 5.84. The van der Waals surface area contributed by atoms with E-state index in [9.17, 15) is 14.4 Å². The zero-order valence-electron chi connectivity index (χ0n) is 20.6. The highest BCUT2D eigenvalue weighted by Gasteiger charge is 2.46. The Morgan fingerprint density at radius 1 is 0.914 bits per heavy atom. The number of ether oxygens (including phenoxy) is 2. The van der Waals surface area contributed by atoms with Gasteiger partial charge in [-0.05, 0) is 50.5 Å². The summed E-state index contributed by atoms with van der Waals surface area (Å²) in [5.41, 5.74) is 1.34. The van der Waals surface area contributed by atoms with Crippen molar-refractivity contribution in [3.8, 4) is 0 Å². The van der Waals surface area contributed by atoms with Gasteiger partial charge in [0.25, 0.3) is 0 Å². The molecule has 2 aromatic rings. The topological polar surface area (TPSA) is 76.2 Å². The average molecular weight is 497 g/mol. The molecule has 35 heavy (non-hydrogen) atoms. The minimum atomic E-state index is -0.733. The first-order chi connectivity index (χ1) is 16.7. The number of likely N-dealkylation sites (tertiary alicyclic amines) is 1. The summed E-state index contributed by atoms with van der Waals surface area (Å²) < 4.78 is 10.7. The molecule has 0 bridgehead atoms. The molecule has 1 saturated heterocycles. The van der Waals surface area contributed by atoms with E-state index in [0.29, 0.717) is 25.9 Å². The van der Waals surface area contributed by atoms with Crippen molar-refractivity contribution >= 4 is 29.7 Å². The standard InChI is InChI=1S/C27H32N2O5S/c1-27(2,3)34-26(32)29-17-21(35-20-12-6-5-7-13-20)15-22(29)24(30)28-16-19-11-9-8-10-18(19)14-23(28)25(31)33-4/h5-13,21-23H,14-17H2,1-4H3/t21-,22+,23+/m0/s1. The second-order valence-electron chi connectivity index (χ2n) is 9.92. The van der Waals surface area contributed by atoms with Crippen molar-refractivity contribution in [2.45, 2.75) is 68.0 Å². The van der Waals surface area contributed by atoms with Crippen LogP contribution in [0.3, 0.4) is 0 Å². The number of hydrogen-bond acceptors (Lipinski definition) is 6. The van der Waals surface area contributed by atoms with Crippen molar-refractivity contribution in [2.75, 3.05) is 13.7 Å². The number of hydrogen-bond donors (Lipinski definition) is 0. The van der Waals surface area contributed by atoms with Gasteiger partial charge in [0.15, 0.2) is 0 Å². The zero-order valence-corrected chi connectivity index (χ0v) is 21.4. The third-order valence-electron chi connectivity index (χ3n) is 6.23. The van der Waals surface area contributed by atoms with Crippen LogP contribution in [0.5, 0.6) is 0 Å². The molecule has 0 aliphatic carbocycles. The number of amides is 2. The van der Waals surface area contributed by atoms with Crippen LogP contribution in [0.15, 0.2) is 59.5 Å². The Balaban J connectivity index is 1.61. The quantitative estimate of drug-likeness (QED) is 0.588. The molecular weight excluding hydrogens is 464 g/mol. The van der Waals surface area contributed by atoms with Crippen molar-refractivity contribution in [3.05, 3.63) is 65.7 Å². The largest absolute Gasteiger partial charge is 0.467 e. The number of carbonyl (C=O) groups is 3. The number of benzene rings is 2. The van der Waals surface area contributed by atoms with E-state index in [4.69, 9.17) is 9.47 Å². The van der Waals surface area contributed by atoms with Crippen LogP contribution in [0, 0.1) is 0 Å². The van der Waals surface area contributed by atoms with E-state index in [1.165, 1.54) is 12.0 Å². The van der Waals surface area contributed by atoms with E-state index >= 15 is 0 Å². The lowest BCUT2D eigenvalue weighted by Gasteiger charge is -2.38. The molecule has 2 aliphatic heterocycles. The monoisotopic (exact) mass is 496 g/mol. The summed E-state index contributed by atoms with van der Waals surface area (Å²) in [5.74, 6) is -0.707. The van der Waals surface area contributed by atoms with Gasteiger partial charge in [0.05, 0.1) is 7.11 Å². The van der Waals surface area contributed by atoms with Gasteiger partial charge in [-0.2, -0.15) is 0 Å². The van der Waals surface area contributed by atoms with Crippen LogP contribution in [0.1, 0.15) is 38.3 Å². The molecule has 0 radical (unpaired) electrons. The Kier molecular flexibility index (Phi) is 7.40. The predicted octanol–water partition coefficient (Wildman–Crippen LogP) is 4.28. The second-order valence-corrected chi connectivity index (χ2v) is 11.3. The Morgan fingerprint density at radius 2 is 1.57 bits per heavy atom. The Labute approximate surface area is 210 Å². The zero-order chi connectivity index (χ0) is 25.2. The number of nitrogens with zero attached hydrogens (tertiary/aromatic N) is 2. The lowest BCUT2D eigenvalue weighted by atomic mass is 9.93. The highest BCUT2D eigenvalue weighted by atomic mass is 32.2. The molecule has 2 heterocycles. The van der Waals surface area contributed by atoms with Gasteiger partial charge in [0, 0.05) is 29.7 Å². The summed E-state index contributed by atoms with van der Waals surface area (Å²) in [5, 5.41) is 0.0209. The minimum Gasteiger partial charge on any atom is -0.467 e. The van der Waals surface area contributed by atoms with E-state index < -0.39 is 29.7 Å². The SMILES string of the molecule is COC(=O)[C@H]1Cc2ccccc2CN1C(=O)[C@H]1C[C@H](Sc2ccccc2)CN1C(=O)OC(C)(C)C. The molecule has 0 unspecified atom stereocenters. The molecular formula is C27H32N2O5S.